The highest BCUT2D eigenvalue weighted by Crippen LogP contribution is 2.11. The van der Waals surface area contributed by atoms with Gasteiger partial charge in [0.15, 0.2) is 5.96 Å². The number of rotatable bonds is 13. The topological polar surface area (TPSA) is 249 Å². The highest BCUT2D eigenvalue weighted by molar-refractivity contribution is 5.93. The first-order valence-corrected chi connectivity index (χ1v) is 9.70. The average molecular weight is 451 g/mol. The predicted octanol–water partition coefficient (Wildman–Crippen LogP) is -2.75. The number of carboxylic acids is 1. The first-order valence-electron chi connectivity index (χ1n) is 9.70. The van der Waals surface area contributed by atoms with Gasteiger partial charge in [-0.05, 0) is 37.0 Å². The van der Waals surface area contributed by atoms with E-state index in [-0.39, 0.29) is 37.5 Å². The van der Waals surface area contributed by atoms with Crippen molar-refractivity contribution >= 4 is 29.7 Å². The van der Waals surface area contributed by atoms with E-state index in [1.807, 2.05) is 0 Å². The van der Waals surface area contributed by atoms with Crippen LogP contribution in [0.5, 0.6) is 5.75 Å². The highest BCUT2D eigenvalue weighted by Gasteiger charge is 2.28. The molecule has 1 rings (SSSR count). The lowest BCUT2D eigenvalue weighted by Crippen LogP contribution is -2.55. The number of primary amides is 1. The molecule has 0 fully saturated rings. The lowest BCUT2D eigenvalue weighted by atomic mass is 10.0. The zero-order valence-electron chi connectivity index (χ0n) is 17.4. The van der Waals surface area contributed by atoms with Crippen molar-refractivity contribution in [2.24, 2.45) is 27.9 Å². The Balaban J connectivity index is 2.85. The van der Waals surface area contributed by atoms with E-state index in [1.54, 1.807) is 12.1 Å². The van der Waals surface area contributed by atoms with Crippen molar-refractivity contribution in [3.8, 4) is 5.75 Å². The van der Waals surface area contributed by atoms with Crippen LogP contribution >= 0.6 is 0 Å². The number of aliphatic imine (C=N–C) groups is 1. The number of carbonyl (C=O) groups is 4. The fraction of sp³-hybridized carbons (Fsp3) is 0.421. The van der Waals surface area contributed by atoms with Crippen molar-refractivity contribution in [3.05, 3.63) is 29.8 Å². The molecule has 0 saturated heterocycles. The van der Waals surface area contributed by atoms with Crippen LogP contribution in [0.3, 0.4) is 0 Å². The third kappa shape index (κ3) is 9.75. The largest absolute Gasteiger partial charge is 0.508 e. The maximum absolute atomic E-state index is 12.6. The Bertz CT molecular complexity index is 839. The number of carbonyl (C=O) groups excluding carboxylic acids is 3. The zero-order valence-corrected chi connectivity index (χ0v) is 17.4. The minimum Gasteiger partial charge on any atom is -0.508 e. The standard InChI is InChI=1S/C19H29N7O6/c20-12(8-10-3-5-11(27)6-4-10)16(29)25-13(2-1-7-24-19(22)23)17(30)26-14(18(31)32)9-15(21)28/h3-6,12-14,27H,1-2,7-9,20H2,(H2,21,28)(H,25,29)(H,26,30)(H,31,32)(H4,22,23,24). The van der Waals surface area contributed by atoms with E-state index in [2.05, 4.69) is 15.6 Å². The maximum atomic E-state index is 12.6. The first-order chi connectivity index (χ1) is 15.0. The summed E-state index contributed by atoms with van der Waals surface area (Å²) < 4.78 is 0. The Labute approximate surface area is 184 Å². The van der Waals surface area contributed by atoms with E-state index >= 15 is 0 Å². The molecule has 3 unspecified atom stereocenters. The van der Waals surface area contributed by atoms with Crippen LogP contribution in [0, 0.1) is 0 Å². The van der Waals surface area contributed by atoms with Gasteiger partial charge in [-0.3, -0.25) is 19.4 Å². The average Bonchev–Trinajstić information content (AvgIpc) is 2.70. The lowest BCUT2D eigenvalue weighted by molar-refractivity contribution is -0.143. The van der Waals surface area contributed by atoms with Crippen molar-refractivity contribution in [2.75, 3.05) is 6.54 Å². The van der Waals surface area contributed by atoms with Crippen LogP contribution < -0.4 is 33.6 Å². The van der Waals surface area contributed by atoms with Crippen molar-refractivity contribution in [1.29, 1.82) is 0 Å². The number of nitrogens with zero attached hydrogens (tertiary/aromatic N) is 1. The summed E-state index contributed by atoms with van der Waals surface area (Å²) in [6.07, 6.45) is -0.121. The number of aromatic hydroxyl groups is 1. The number of aliphatic carboxylic acids is 1. The molecule has 0 saturated carbocycles. The molecule has 0 aliphatic heterocycles. The molecular weight excluding hydrogens is 422 g/mol. The van der Waals surface area contributed by atoms with Crippen LogP contribution in [-0.4, -0.2) is 64.5 Å². The SMILES string of the molecule is NC(=O)CC(NC(=O)C(CCCN=C(N)N)NC(=O)C(N)Cc1ccc(O)cc1)C(=O)O. The molecule has 0 aromatic heterocycles. The summed E-state index contributed by atoms with van der Waals surface area (Å²) >= 11 is 0. The van der Waals surface area contributed by atoms with E-state index in [0.29, 0.717) is 5.56 Å². The summed E-state index contributed by atoms with van der Waals surface area (Å²) in [6.45, 7) is 0.172. The molecule has 0 bridgehead atoms. The Morgan fingerprint density at radius 2 is 1.56 bits per heavy atom. The molecule has 32 heavy (non-hydrogen) atoms. The van der Waals surface area contributed by atoms with Gasteiger partial charge in [-0.1, -0.05) is 12.1 Å². The third-order valence-corrected chi connectivity index (χ3v) is 4.33. The quantitative estimate of drug-likeness (QED) is 0.0877. The van der Waals surface area contributed by atoms with Crippen LogP contribution in [0.1, 0.15) is 24.8 Å². The first kappa shape index (κ1) is 26.2. The van der Waals surface area contributed by atoms with Gasteiger partial charge in [0.1, 0.15) is 17.8 Å². The summed E-state index contributed by atoms with van der Waals surface area (Å²) in [5, 5.41) is 23.2. The Morgan fingerprint density at radius 3 is 2.09 bits per heavy atom. The minimum absolute atomic E-state index is 0.0632. The molecule has 0 aliphatic rings. The van der Waals surface area contributed by atoms with Gasteiger partial charge in [0, 0.05) is 6.54 Å². The molecule has 1 aromatic carbocycles. The van der Waals surface area contributed by atoms with E-state index < -0.39 is 48.2 Å². The number of hydrogen-bond acceptors (Lipinski definition) is 7. The fourth-order valence-electron chi connectivity index (χ4n) is 2.70. The Morgan fingerprint density at radius 1 is 0.969 bits per heavy atom. The molecule has 0 radical (unpaired) electrons. The van der Waals surface area contributed by atoms with Gasteiger partial charge in [-0.25, -0.2) is 4.79 Å². The molecule has 3 atom stereocenters. The predicted molar refractivity (Wildman–Crippen MR) is 115 cm³/mol. The number of benzene rings is 1. The number of guanidine groups is 1. The lowest BCUT2D eigenvalue weighted by Gasteiger charge is -2.22. The van der Waals surface area contributed by atoms with Gasteiger partial charge in [-0.2, -0.15) is 0 Å². The number of nitrogens with two attached hydrogens (primary N) is 4. The van der Waals surface area contributed by atoms with Gasteiger partial charge in [0.05, 0.1) is 12.5 Å². The fourth-order valence-corrected chi connectivity index (χ4v) is 2.70. The number of hydrogen-bond donors (Lipinski definition) is 8. The van der Waals surface area contributed by atoms with Crippen molar-refractivity contribution < 1.29 is 29.4 Å². The van der Waals surface area contributed by atoms with Crippen molar-refractivity contribution in [1.82, 2.24) is 10.6 Å². The van der Waals surface area contributed by atoms with Crippen LogP contribution in [0.25, 0.3) is 0 Å². The van der Waals surface area contributed by atoms with Gasteiger partial charge < -0.3 is 43.8 Å². The molecule has 0 aliphatic carbocycles. The third-order valence-electron chi connectivity index (χ3n) is 4.33. The number of nitrogens with one attached hydrogen (secondary N) is 2. The van der Waals surface area contributed by atoms with Gasteiger partial charge in [-0.15, -0.1) is 0 Å². The molecule has 3 amide bonds. The molecule has 13 nitrogen and oxygen atoms in total. The second-order valence-electron chi connectivity index (χ2n) is 7.06. The van der Waals surface area contributed by atoms with Crippen LogP contribution in [-0.2, 0) is 25.6 Å². The Hall–Kier alpha value is -3.87. The number of phenols is 1. The van der Waals surface area contributed by atoms with E-state index in [9.17, 15) is 29.4 Å². The van der Waals surface area contributed by atoms with Gasteiger partial charge in [0.25, 0.3) is 0 Å². The van der Waals surface area contributed by atoms with Crippen LogP contribution in [0.2, 0.25) is 0 Å². The zero-order chi connectivity index (χ0) is 24.3. The molecule has 1 aromatic rings. The monoisotopic (exact) mass is 451 g/mol. The summed E-state index contributed by atoms with van der Waals surface area (Å²) in [5.74, 6) is -3.92. The minimum atomic E-state index is -1.55. The second-order valence-corrected chi connectivity index (χ2v) is 7.06. The molecule has 176 valence electrons. The number of carboxylic acid groups (broad SMARTS) is 1. The normalized spacial score (nSPS) is 13.3. The second kappa shape index (κ2) is 12.7. The van der Waals surface area contributed by atoms with Crippen LogP contribution in [0.15, 0.2) is 29.3 Å². The summed E-state index contributed by atoms with van der Waals surface area (Å²) in [5.41, 5.74) is 22.1. The number of phenolic OH excluding ortho intramolecular Hbond substituents is 1. The summed E-state index contributed by atoms with van der Waals surface area (Å²) in [7, 11) is 0. The van der Waals surface area contributed by atoms with E-state index in [0.717, 1.165) is 0 Å². The molecular formula is C19H29N7O6. The van der Waals surface area contributed by atoms with Gasteiger partial charge in [0.2, 0.25) is 17.7 Å². The Kier molecular flexibility index (Phi) is 10.4. The van der Waals surface area contributed by atoms with Crippen molar-refractivity contribution in [3.63, 3.8) is 0 Å². The smallest absolute Gasteiger partial charge is 0.326 e. The highest BCUT2D eigenvalue weighted by atomic mass is 16.4. The van der Waals surface area contributed by atoms with E-state index in [4.69, 9.17) is 22.9 Å². The van der Waals surface area contributed by atoms with Crippen LogP contribution in [0.4, 0.5) is 0 Å². The molecule has 0 spiro atoms. The summed E-state index contributed by atoms with van der Waals surface area (Å²) in [4.78, 5) is 51.3. The van der Waals surface area contributed by atoms with E-state index in [1.165, 1.54) is 12.1 Å². The molecule has 0 heterocycles. The van der Waals surface area contributed by atoms with Gasteiger partial charge >= 0.3 is 5.97 Å². The number of amides is 3. The maximum Gasteiger partial charge on any atom is 0.326 e. The van der Waals surface area contributed by atoms with Crippen molar-refractivity contribution in [2.45, 2.75) is 43.8 Å². The summed E-state index contributed by atoms with van der Waals surface area (Å²) in [6, 6.07) is 2.37. The molecule has 13 heteroatoms. The molecule has 12 N–H and O–H groups in total.